The maximum atomic E-state index is 12.0. The van der Waals surface area contributed by atoms with E-state index in [4.69, 9.17) is 9.26 Å². The van der Waals surface area contributed by atoms with Gasteiger partial charge in [0, 0.05) is 29.1 Å². The number of H-pyrrole nitrogens is 1. The Kier molecular flexibility index (Phi) is 4.63. The Bertz CT molecular complexity index is 1200. The molecule has 0 spiro atoms. The number of rotatable bonds is 5. The van der Waals surface area contributed by atoms with E-state index in [1.165, 1.54) is 0 Å². The number of nitrogens with one attached hydrogen (secondary N) is 1. The Hall–Kier alpha value is -3.87. The third kappa shape index (κ3) is 3.37. The molecule has 4 aromatic rings. The molecule has 0 bridgehead atoms. The summed E-state index contributed by atoms with van der Waals surface area (Å²) in [4.78, 5) is 19.1. The highest BCUT2D eigenvalue weighted by Crippen LogP contribution is 2.22. The molecule has 2 aromatic heterocycles. The first-order chi connectivity index (χ1) is 13.7. The summed E-state index contributed by atoms with van der Waals surface area (Å²) >= 11 is 0. The third-order valence-electron chi connectivity index (χ3n) is 4.31. The quantitative estimate of drug-likeness (QED) is 0.576. The molecule has 7 heteroatoms. The summed E-state index contributed by atoms with van der Waals surface area (Å²) in [5, 5.41) is 4.04. The lowest BCUT2D eigenvalue weighted by atomic mass is 10.2. The summed E-state index contributed by atoms with van der Waals surface area (Å²) in [6.07, 6.45) is 5.26. The van der Waals surface area contributed by atoms with E-state index in [1.54, 1.807) is 23.9 Å². The molecular weight excluding hydrogens is 356 g/mol. The number of aryl methyl sites for hydroxylation is 1. The van der Waals surface area contributed by atoms with Gasteiger partial charge >= 0.3 is 5.69 Å². The van der Waals surface area contributed by atoms with E-state index in [0.717, 1.165) is 28.3 Å². The molecule has 0 radical (unpaired) electrons. The van der Waals surface area contributed by atoms with Crippen molar-refractivity contribution in [3.8, 4) is 22.8 Å². The van der Waals surface area contributed by atoms with Crippen molar-refractivity contribution in [3.63, 3.8) is 0 Å². The molecule has 7 nitrogen and oxygen atoms in total. The third-order valence-corrected chi connectivity index (χ3v) is 4.31. The zero-order valence-electron chi connectivity index (χ0n) is 15.4. The molecule has 0 fully saturated rings. The molecule has 0 aliphatic heterocycles. The topological polar surface area (TPSA) is 85.9 Å². The fraction of sp³-hybridized carbons (Fsp3) is 0.0952. The average Bonchev–Trinajstić information content (AvgIpc) is 3.33. The van der Waals surface area contributed by atoms with Gasteiger partial charge in [0.2, 0.25) is 5.82 Å². The summed E-state index contributed by atoms with van der Waals surface area (Å²) in [7, 11) is 1.63. The standard InChI is InChI=1S/C21H18N4O3/c1-14-13-22-21(26)25(14)17-8-5-7-16(12-17)20-23-19(28-24-20)11-10-15-6-3-4-9-18(15)27-2/h3-13H,1-2H3,(H,22,26)/b11-10+. The van der Waals surface area contributed by atoms with Gasteiger partial charge in [0.1, 0.15) is 5.75 Å². The minimum Gasteiger partial charge on any atom is -0.496 e. The molecule has 28 heavy (non-hydrogen) atoms. The number of aromatic amines is 1. The molecule has 1 N–H and O–H groups in total. The highest BCUT2D eigenvalue weighted by Gasteiger charge is 2.10. The van der Waals surface area contributed by atoms with Crippen molar-refractivity contribution in [2.75, 3.05) is 7.11 Å². The highest BCUT2D eigenvalue weighted by atomic mass is 16.5. The molecule has 4 rings (SSSR count). The minimum absolute atomic E-state index is 0.191. The molecule has 0 amide bonds. The van der Waals surface area contributed by atoms with Crippen molar-refractivity contribution >= 4 is 12.2 Å². The second-order valence-corrected chi connectivity index (χ2v) is 6.15. The molecule has 0 saturated heterocycles. The number of hydrogen-bond donors (Lipinski definition) is 1. The fourth-order valence-electron chi connectivity index (χ4n) is 2.95. The molecule has 0 aliphatic carbocycles. The van der Waals surface area contributed by atoms with Crippen LogP contribution in [0.2, 0.25) is 0 Å². The number of nitrogens with zero attached hydrogens (tertiary/aromatic N) is 3. The largest absolute Gasteiger partial charge is 0.496 e. The second-order valence-electron chi connectivity index (χ2n) is 6.15. The average molecular weight is 374 g/mol. The SMILES string of the molecule is COc1ccccc1/C=C/c1nc(-c2cccc(-n3c(C)c[nH]c3=O)c2)no1. The second kappa shape index (κ2) is 7.40. The van der Waals surface area contributed by atoms with Crippen LogP contribution in [0.4, 0.5) is 0 Å². The van der Waals surface area contributed by atoms with Crippen LogP contribution in [0, 0.1) is 6.92 Å². The van der Waals surface area contributed by atoms with Crippen LogP contribution < -0.4 is 10.4 Å². The monoisotopic (exact) mass is 374 g/mol. The van der Waals surface area contributed by atoms with E-state index in [-0.39, 0.29) is 5.69 Å². The van der Waals surface area contributed by atoms with E-state index in [9.17, 15) is 4.79 Å². The van der Waals surface area contributed by atoms with Crippen molar-refractivity contribution in [1.82, 2.24) is 19.7 Å². The zero-order valence-corrected chi connectivity index (χ0v) is 15.4. The Morgan fingerprint density at radius 2 is 2.00 bits per heavy atom. The van der Waals surface area contributed by atoms with Gasteiger partial charge in [0.25, 0.3) is 5.89 Å². The van der Waals surface area contributed by atoms with Crippen LogP contribution in [-0.4, -0.2) is 26.8 Å². The Balaban J connectivity index is 1.62. The number of benzene rings is 2. The number of hydrogen-bond acceptors (Lipinski definition) is 5. The summed E-state index contributed by atoms with van der Waals surface area (Å²) in [5.41, 5.74) is 3.02. The van der Waals surface area contributed by atoms with Gasteiger partial charge in [-0.3, -0.25) is 4.57 Å². The first-order valence-corrected chi connectivity index (χ1v) is 8.68. The molecule has 0 unspecified atom stereocenters. The van der Waals surface area contributed by atoms with Crippen LogP contribution in [-0.2, 0) is 0 Å². The van der Waals surface area contributed by atoms with Crippen molar-refractivity contribution < 1.29 is 9.26 Å². The predicted molar refractivity (Wildman–Crippen MR) is 106 cm³/mol. The molecule has 2 aromatic carbocycles. The molecular formula is C21H18N4O3. The van der Waals surface area contributed by atoms with Crippen molar-refractivity contribution in [1.29, 1.82) is 0 Å². The molecule has 0 aliphatic rings. The number of imidazole rings is 1. The summed E-state index contributed by atoms with van der Waals surface area (Å²) in [6, 6.07) is 15.1. The smallest absolute Gasteiger partial charge is 0.330 e. The fourth-order valence-corrected chi connectivity index (χ4v) is 2.95. The Labute approximate surface area is 160 Å². The van der Waals surface area contributed by atoms with Gasteiger partial charge in [0.15, 0.2) is 0 Å². The van der Waals surface area contributed by atoms with Crippen LogP contribution in [0.1, 0.15) is 17.1 Å². The number of para-hydroxylation sites is 1. The van der Waals surface area contributed by atoms with Gasteiger partial charge in [-0.15, -0.1) is 0 Å². The van der Waals surface area contributed by atoms with Crippen LogP contribution in [0.5, 0.6) is 5.75 Å². The molecule has 2 heterocycles. The van der Waals surface area contributed by atoms with E-state index in [2.05, 4.69) is 15.1 Å². The number of aromatic nitrogens is 4. The summed E-state index contributed by atoms with van der Waals surface area (Å²) in [6.45, 7) is 1.86. The lowest BCUT2D eigenvalue weighted by Gasteiger charge is -2.05. The van der Waals surface area contributed by atoms with Gasteiger partial charge in [-0.05, 0) is 31.2 Å². The van der Waals surface area contributed by atoms with E-state index >= 15 is 0 Å². The van der Waals surface area contributed by atoms with Gasteiger partial charge in [0.05, 0.1) is 12.8 Å². The van der Waals surface area contributed by atoms with E-state index < -0.39 is 0 Å². The number of ether oxygens (including phenoxy) is 1. The van der Waals surface area contributed by atoms with Crippen LogP contribution in [0.3, 0.4) is 0 Å². The van der Waals surface area contributed by atoms with Crippen LogP contribution in [0.15, 0.2) is 64.0 Å². The predicted octanol–water partition coefficient (Wildman–Crippen LogP) is 3.70. The maximum Gasteiger partial charge on any atom is 0.330 e. The first-order valence-electron chi connectivity index (χ1n) is 8.68. The molecule has 140 valence electrons. The van der Waals surface area contributed by atoms with Gasteiger partial charge in [-0.1, -0.05) is 35.5 Å². The maximum absolute atomic E-state index is 12.0. The first kappa shape index (κ1) is 17.5. The van der Waals surface area contributed by atoms with Gasteiger partial charge < -0.3 is 14.2 Å². The van der Waals surface area contributed by atoms with Crippen LogP contribution >= 0.6 is 0 Å². The van der Waals surface area contributed by atoms with E-state index in [1.807, 2.05) is 61.5 Å². The molecule has 0 saturated carbocycles. The lowest BCUT2D eigenvalue weighted by Crippen LogP contribution is -2.15. The van der Waals surface area contributed by atoms with Crippen molar-refractivity contribution in [2.45, 2.75) is 6.92 Å². The minimum atomic E-state index is -0.191. The zero-order chi connectivity index (χ0) is 19.5. The highest BCUT2D eigenvalue weighted by molar-refractivity contribution is 5.70. The van der Waals surface area contributed by atoms with Crippen molar-refractivity contribution in [2.24, 2.45) is 0 Å². The Morgan fingerprint density at radius 1 is 1.14 bits per heavy atom. The van der Waals surface area contributed by atoms with E-state index in [0.29, 0.717) is 11.7 Å². The molecule has 0 atom stereocenters. The van der Waals surface area contributed by atoms with Crippen molar-refractivity contribution in [3.05, 3.63) is 82.4 Å². The summed E-state index contributed by atoms with van der Waals surface area (Å²) in [5.74, 6) is 1.59. The van der Waals surface area contributed by atoms with Gasteiger partial charge in [-0.2, -0.15) is 4.98 Å². The summed E-state index contributed by atoms with van der Waals surface area (Å²) < 4.78 is 12.2. The number of methoxy groups -OCH3 is 1. The van der Waals surface area contributed by atoms with Gasteiger partial charge in [-0.25, -0.2) is 4.79 Å². The normalized spacial score (nSPS) is 11.2. The lowest BCUT2D eigenvalue weighted by molar-refractivity contribution is 0.411. The van der Waals surface area contributed by atoms with Crippen LogP contribution in [0.25, 0.3) is 29.2 Å². The Morgan fingerprint density at radius 3 is 2.79 bits per heavy atom.